The highest BCUT2D eigenvalue weighted by Gasteiger charge is 2.10. The minimum atomic E-state index is -0.227. The lowest BCUT2D eigenvalue weighted by Crippen LogP contribution is -2.37. The van der Waals surface area contributed by atoms with Gasteiger partial charge in [0, 0.05) is 12.0 Å². The van der Waals surface area contributed by atoms with Gasteiger partial charge in [-0.25, -0.2) is 0 Å². The van der Waals surface area contributed by atoms with Crippen molar-refractivity contribution in [2.45, 2.75) is 39.7 Å². The summed E-state index contributed by atoms with van der Waals surface area (Å²) in [6, 6.07) is 0. The summed E-state index contributed by atoms with van der Waals surface area (Å²) in [6.07, 6.45) is 0.406. The standard InChI is InChI=1S/C7H15NO2/c1-5-6(9)10-8-7(2,3)4/h8H,5H2,1-4H3. The number of carbonyl (C=O) groups excluding carboxylic acids is 1. The smallest absolute Gasteiger partial charge is 0.324 e. The Balaban J connectivity index is 3.46. The summed E-state index contributed by atoms with van der Waals surface area (Å²) >= 11 is 0. The molecule has 0 heterocycles. The zero-order valence-corrected chi connectivity index (χ0v) is 7.02. The fraction of sp³-hybridized carbons (Fsp3) is 0.857. The van der Waals surface area contributed by atoms with E-state index in [4.69, 9.17) is 0 Å². The molecule has 0 rings (SSSR count). The monoisotopic (exact) mass is 145 g/mol. The first-order valence-corrected chi connectivity index (χ1v) is 3.42. The quantitative estimate of drug-likeness (QED) is 0.594. The van der Waals surface area contributed by atoms with Crippen LogP contribution in [0.4, 0.5) is 0 Å². The van der Waals surface area contributed by atoms with Crippen molar-refractivity contribution in [2.24, 2.45) is 0 Å². The van der Waals surface area contributed by atoms with Crippen LogP contribution in [0.1, 0.15) is 34.1 Å². The molecule has 0 bridgehead atoms. The van der Waals surface area contributed by atoms with Crippen LogP contribution in [0, 0.1) is 0 Å². The van der Waals surface area contributed by atoms with Crippen molar-refractivity contribution in [3.05, 3.63) is 0 Å². The van der Waals surface area contributed by atoms with E-state index in [9.17, 15) is 4.79 Å². The summed E-state index contributed by atoms with van der Waals surface area (Å²) in [5.41, 5.74) is 2.46. The van der Waals surface area contributed by atoms with Crippen LogP contribution in [0.2, 0.25) is 0 Å². The van der Waals surface area contributed by atoms with E-state index in [2.05, 4.69) is 10.3 Å². The van der Waals surface area contributed by atoms with Gasteiger partial charge in [0.25, 0.3) is 0 Å². The highest BCUT2D eigenvalue weighted by Crippen LogP contribution is 1.98. The van der Waals surface area contributed by atoms with Gasteiger partial charge in [-0.15, -0.1) is 5.48 Å². The summed E-state index contributed by atoms with van der Waals surface area (Å²) in [5, 5.41) is 0. The molecule has 0 aliphatic heterocycles. The summed E-state index contributed by atoms with van der Waals surface area (Å²) in [6.45, 7) is 7.54. The summed E-state index contributed by atoms with van der Waals surface area (Å²) < 4.78 is 0. The molecule has 0 aromatic heterocycles. The van der Waals surface area contributed by atoms with Crippen molar-refractivity contribution < 1.29 is 9.63 Å². The minimum Gasteiger partial charge on any atom is -0.370 e. The van der Waals surface area contributed by atoms with Crippen molar-refractivity contribution in [1.82, 2.24) is 5.48 Å². The van der Waals surface area contributed by atoms with Crippen molar-refractivity contribution in [3.63, 3.8) is 0 Å². The van der Waals surface area contributed by atoms with Crippen LogP contribution in [0.15, 0.2) is 0 Å². The van der Waals surface area contributed by atoms with Crippen molar-refractivity contribution in [1.29, 1.82) is 0 Å². The third-order valence-electron chi connectivity index (χ3n) is 0.760. The van der Waals surface area contributed by atoms with Gasteiger partial charge in [0.2, 0.25) is 0 Å². The average molecular weight is 145 g/mol. The molecule has 0 aromatic rings. The second-order valence-corrected chi connectivity index (χ2v) is 3.18. The van der Waals surface area contributed by atoms with Crippen LogP contribution in [-0.4, -0.2) is 11.5 Å². The third-order valence-corrected chi connectivity index (χ3v) is 0.760. The predicted octanol–water partition coefficient (Wildman–Crippen LogP) is 1.24. The maximum Gasteiger partial charge on any atom is 0.324 e. The fourth-order valence-electron chi connectivity index (χ4n) is 0.282. The average Bonchev–Trinajstić information content (AvgIpc) is 1.81. The van der Waals surface area contributed by atoms with Crippen LogP contribution in [-0.2, 0) is 9.63 Å². The second kappa shape index (κ2) is 3.56. The summed E-state index contributed by atoms with van der Waals surface area (Å²) in [5.74, 6) is -0.227. The lowest BCUT2D eigenvalue weighted by molar-refractivity contribution is -0.154. The molecule has 0 radical (unpaired) electrons. The molecule has 0 unspecified atom stereocenters. The summed E-state index contributed by atoms with van der Waals surface area (Å²) in [7, 11) is 0. The van der Waals surface area contributed by atoms with Gasteiger partial charge in [0.1, 0.15) is 0 Å². The summed E-state index contributed by atoms with van der Waals surface area (Å²) in [4.78, 5) is 15.2. The molecule has 0 amide bonds. The third kappa shape index (κ3) is 5.56. The van der Waals surface area contributed by atoms with Crippen molar-refractivity contribution in [2.75, 3.05) is 0 Å². The Labute approximate surface area is 61.7 Å². The zero-order valence-electron chi connectivity index (χ0n) is 7.02. The lowest BCUT2D eigenvalue weighted by Gasteiger charge is -2.18. The maximum absolute atomic E-state index is 10.6. The van der Waals surface area contributed by atoms with Crippen LogP contribution in [0.5, 0.6) is 0 Å². The van der Waals surface area contributed by atoms with Gasteiger partial charge in [-0.05, 0) is 20.8 Å². The minimum absolute atomic E-state index is 0.162. The van der Waals surface area contributed by atoms with Crippen LogP contribution in [0.25, 0.3) is 0 Å². The number of hydroxylamine groups is 1. The SMILES string of the molecule is CCC(=O)ONC(C)(C)C. The Morgan fingerprint density at radius 1 is 1.50 bits per heavy atom. The van der Waals surface area contributed by atoms with Gasteiger partial charge < -0.3 is 4.84 Å². The van der Waals surface area contributed by atoms with Gasteiger partial charge in [-0.3, -0.25) is 4.79 Å². The molecule has 1 N–H and O–H groups in total. The van der Waals surface area contributed by atoms with Crippen molar-refractivity contribution in [3.8, 4) is 0 Å². The van der Waals surface area contributed by atoms with Gasteiger partial charge in [0.05, 0.1) is 0 Å². The number of nitrogens with one attached hydrogen (secondary N) is 1. The Morgan fingerprint density at radius 2 is 2.00 bits per heavy atom. The van der Waals surface area contributed by atoms with E-state index >= 15 is 0 Å². The molecule has 10 heavy (non-hydrogen) atoms. The largest absolute Gasteiger partial charge is 0.370 e. The fourth-order valence-corrected chi connectivity index (χ4v) is 0.282. The molecule has 0 aliphatic rings. The Bertz CT molecular complexity index is 115. The zero-order chi connectivity index (χ0) is 8.20. The molecule has 0 spiro atoms. The van der Waals surface area contributed by atoms with E-state index in [1.165, 1.54) is 0 Å². The van der Waals surface area contributed by atoms with Gasteiger partial charge in [-0.1, -0.05) is 6.92 Å². The highest BCUT2D eigenvalue weighted by atomic mass is 16.7. The molecule has 3 heteroatoms. The number of hydrogen-bond acceptors (Lipinski definition) is 3. The first-order chi connectivity index (χ1) is 4.45. The van der Waals surface area contributed by atoms with E-state index < -0.39 is 0 Å². The van der Waals surface area contributed by atoms with E-state index in [0.717, 1.165) is 0 Å². The normalized spacial score (nSPS) is 11.2. The number of rotatable bonds is 2. The molecule has 0 atom stereocenters. The van der Waals surface area contributed by atoms with Gasteiger partial charge in [-0.2, -0.15) is 0 Å². The Kier molecular flexibility index (Phi) is 3.36. The highest BCUT2D eigenvalue weighted by molar-refractivity contribution is 5.68. The Hall–Kier alpha value is -0.570. The molecule has 60 valence electrons. The topological polar surface area (TPSA) is 38.3 Å². The molecule has 0 aliphatic carbocycles. The first kappa shape index (κ1) is 9.43. The number of hydrogen-bond donors (Lipinski definition) is 1. The predicted molar refractivity (Wildman–Crippen MR) is 39.3 cm³/mol. The molecular formula is C7H15NO2. The molecule has 3 nitrogen and oxygen atoms in total. The second-order valence-electron chi connectivity index (χ2n) is 3.18. The van der Waals surface area contributed by atoms with Crippen LogP contribution in [0.3, 0.4) is 0 Å². The van der Waals surface area contributed by atoms with E-state index in [0.29, 0.717) is 6.42 Å². The van der Waals surface area contributed by atoms with E-state index in [-0.39, 0.29) is 11.5 Å². The first-order valence-electron chi connectivity index (χ1n) is 3.42. The van der Waals surface area contributed by atoms with Crippen LogP contribution >= 0.6 is 0 Å². The molecule has 0 aromatic carbocycles. The maximum atomic E-state index is 10.6. The number of carbonyl (C=O) groups is 1. The molecular weight excluding hydrogens is 130 g/mol. The van der Waals surface area contributed by atoms with Crippen molar-refractivity contribution >= 4 is 5.97 Å². The molecule has 0 fully saturated rings. The molecule has 0 saturated carbocycles. The molecule has 0 saturated heterocycles. The van der Waals surface area contributed by atoms with Gasteiger partial charge in [0.15, 0.2) is 0 Å². The van der Waals surface area contributed by atoms with E-state index in [1.807, 2.05) is 20.8 Å². The van der Waals surface area contributed by atoms with Gasteiger partial charge >= 0.3 is 5.97 Å². The van der Waals surface area contributed by atoms with Crippen LogP contribution < -0.4 is 5.48 Å². The van der Waals surface area contributed by atoms with E-state index in [1.54, 1.807) is 6.92 Å². The Morgan fingerprint density at radius 3 is 2.30 bits per heavy atom. The lowest BCUT2D eigenvalue weighted by atomic mass is 10.1.